The summed E-state index contributed by atoms with van der Waals surface area (Å²) in [5.41, 5.74) is 3.14. The number of esters is 1. The molecular formula is C20H24N2O3. The number of hydrogen-bond donors (Lipinski definition) is 1. The van der Waals surface area contributed by atoms with Gasteiger partial charge in [-0.05, 0) is 37.0 Å². The van der Waals surface area contributed by atoms with Crippen LogP contribution in [0.5, 0.6) is 0 Å². The van der Waals surface area contributed by atoms with Crippen molar-refractivity contribution >= 4 is 11.9 Å². The van der Waals surface area contributed by atoms with Crippen LogP contribution in [0, 0.1) is 6.92 Å². The van der Waals surface area contributed by atoms with E-state index in [2.05, 4.69) is 10.3 Å². The van der Waals surface area contributed by atoms with E-state index in [1.807, 2.05) is 49.5 Å². The minimum atomic E-state index is -0.371. The Hall–Kier alpha value is -2.69. The zero-order valence-electron chi connectivity index (χ0n) is 14.7. The molecule has 1 aromatic carbocycles. The van der Waals surface area contributed by atoms with Crippen molar-refractivity contribution in [1.29, 1.82) is 0 Å². The van der Waals surface area contributed by atoms with Crippen LogP contribution in [-0.2, 0) is 20.7 Å². The Morgan fingerprint density at radius 3 is 2.60 bits per heavy atom. The summed E-state index contributed by atoms with van der Waals surface area (Å²) in [6.07, 6.45) is 5.22. The average Bonchev–Trinajstić information content (AvgIpc) is 2.59. The highest BCUT2D eigenvalue weighted by atomic mass is 16.5. The molecule has 0 saturated carbocycles. The second-order valence-corrected chi connectivity index (χ2v) is 6.05. The van der Waals surface area contributed by atoms with E-state index >= 15 is 0 Å². The summed E-state index contributed by atoms with van der Waals surface area (Å²) >= 11 is 0. The van der Waals surface area contributed by atoms with E-state index < -0.39 is 0 Å². The van der Waals surface area contributed by atoms with E-state index in [-0.39, 0.29) is 24.3 Å². The number of rotatable bonds is 8. The van der Waals surface area contributed by atoms with Crippen molar-refractivity contribution in [3.63, 3.8) is 0 Å². The zero-order chi connectivity index (χ0) is 18.1. The van der Waals surface area contributed by atoms with Crippen molar-refractivity contribution in [2.75, 3.05) is 6.61 Å². The molecule has 2 rings (SSSR count). The van der Waals surface area contributed by atoms with Gasteiger partial charge >= 0.3 is 5.97 Å². The number of nitrogens with zero attached hydrogens (tertiary/aromatic N) is 1. The third-order valence-electron chi connectivity index (χ3n) is 3.82. The van der Waals surface area contributed by atoms with Crippen molar-refractivity contribution in [1.82, 2.24) is 10.3 Å². The Morgan fingerprint density at radius 2 is 1.96 bits per heavy atom. The third-order valence-corrected chi connectivity index (χ3v) is 3.82. The maximum absolute atomic E-state index is 12.1. The monoisotopic (exact) mass is 340 g/mol. The summed E-state index contributed by atoms with van der Waals surface area (Å²) in [5, 5.41) is 2.81. The summed E-state index contributed by atoms with van der Waals surface area (Å²) in [4.78, 5) is 27.6. The number of amides is 1. The Bertz CT molecular complexity index is 684. The highest BCUT2D eigenvalue weighted by Crippen LogP contribution is 2.18. The molecule has 0 radical (unpaired) electrons. The first-order valence-electron chi connectivity index (χ1n) is 8.43. The fourth-order valence-corrected chi connectivity index (χ4v) is 2.53. The predicted molar refractivity (Wildman–Crippen MR) is 95.9 cm³/mol. The molecule has 1 atom stereocenters. The van der Waals surface area contributed by atoms with Gasteiger partial charge in [-0.15, -0.1) is 0 Å². The van der Waals surface area contributed by atoms with Gasteiger partial charge in [-0.3, -0.25) is 14.6 Å². The lowest BCUT2D eigenvalue weighted by Crippen LogP contribution is -2.28. The Morgan fingerprint density at radius 1 is 1.20 bits per heavy atom. The molecule has 0 aliphatic rings. The van der Waals surface area contributed by atoms with E-state index in [4.69, 9.17) is 4.74 Å². The molecular weight excluding hydrogens is 316 g/mol. The molecule has 0 aliphatic carbocycles. The van der Waals surface area contributed by atoms with Crippen LogP contribution in [0.2, 0.25) is 0 Å². The Kier molecular flexibility index (Phi) is 7.14. The van der Waals surface area contributed by atoms with Crippen LogP contribution in [0.3, 0.4) is 0 Å². The third kappa shape index (κ3) is 6.75. The average molecular weight is 340 g/mol. The second-order valence-electron chi connectivity index (χ2n) is 6.05. The molecule has 1 N–H and O–H groups in total. The maximum Gasteiger partial charge on any atom is 0.308 e. The first-order chi connectivity index (χ1) is 12.0. The number of benzene rings is 1. The summed E-state index contributed by atoms with van der Waals surface area (Å²) < 4.78 is 5.31. The molecule has 5 heteroatoms. The molecule has 132 valence electrons. The largest absolute Gasteiger partial charge is 0.466 e. The number of carbonyl (C=O) groups excluding carboxylic acids is 2. The van der Waals surface area contributed by atoms with Crippen LogP contribution in [0.25, 0.3) is 0 Å². The molecule has 5 nitrogen and oxygen atoms in total. The summed E-state index contributed by atoms with van der Waals surface area (Å²) in [7, 11) is 0. The number of nitrogens with one attached hydrogen (secondary N) is 1. The van der Waals surface area contributed by atoms with Crippen LogP contribution < -0.4 is 5.32 Å². The number of aromatic nitrogens is 1. The number of hydrogen-bond acceptors (Lipinski definition) is 4. The topological polar surface area (TPSA) is 68.3 Å². The summed E-state index contributed by atoms with van der Waals surface area (Å²) in [5.74, 6) is -0.486. The maximum atomic E-state index is 12.1. The molecule has 1 amide bonds. The van der Waals surface area contributed by atoms with Gasteiger partial charge in [0.1, 0.15) is 0 Å². The van der Waals surface area contributed by atoms with Gasteiger partial charge in [0.25, 0.3) is 0 Å². The van der Waals surface area contributed by atoms with Crippen LogP contribution in [0.1, 0.15) is 42.5 Å². The Balaban J connectivity index is 1.82. The van der Waals surface area contributed by atoms with Crippen LogP contribution >= 0.6 is 0 Å². The number of aryl methyl sites for hydroxylation is 2. The van der Waals surface area contributed by atoms with Crippen LogP contribution in [-0.4, -0.2) is 23.5 Å². The number of pyridine rings is 1. The van der Waals surface area contributed by atoms with Gasteiger partial charge in [0, 0.05) is 19.3 Å². The molecule has 0 saturated heterocycles. The quantitative estimate of drug-likeness (QED) is 0.592. The molecule has 0 spiro atoms. The van der Waals surface area contributed by atoms with Crippen LogP contribution in [0.15, 0.2) is 48.8 Å². The van der Waals surface area contributed by atoms with Crippen molar-refractivity contribution in [3.8, 4) is 0 Å². The molecule has 1 heterocycles. The fourth-order valence-electron chi connectivity index (χ4n) is 2.53. The molecule has 0 aliphatic heterocycles. The van der Waals surface area contributed by atoms with E-state index in [1.54, 1.807) is 6.20 Å². The number of carbonyl (C=O) groups is 2. The van der Waals surface area contributed by atoms with Gasteiger partial charge in [-0.1, -0.05) is 35.9 Å². The molecule has 25 heavy (non-hydrogen) atoms. The van der Waals surface area contributed by atoms with Gasteiger partial charge in [0.15, 0.2) is 0 Å². The van der Waals surface area contributed by atoms with E-state index in [0.29, 0.717) is 6.61 Å². The standard InChI is InChI=1S/C20H24N2O3/c1-15-7-9-18(10-8-15)19(22-16(2)23)13-20(24)25-12-4-6-17-5-3-11-21-14-17/h3,5,7-11,14,19H,4,6,12-13H2,1-2H3,(H,22,23). The first-order valence-corrected chi connectivity index (χ1v) is 8.43. The highest BCUT2D eigenvalue weighted by Gasteiger charge is 2.18. The molecule has 2 aromatic rings. The highest BCUT2D eigenvalue weighted by molar-refractivity contribution is 5.76. The zero-order valence-corrected chi connectivity index (χ0v) is 14.7. The lowest BCUT2D eigenvalue weighted by molar-refractivity contribution is -0.144. The van der Waals surface area contributed by atoms with Crippen molar-refractivity contribution in [2.45, 2.75) is 39.2 Å². The first kappa shape index (κ1) is 18.6. The smallest absolute Gasteiger partial charge is 0.308 e. The summed E-state index contributed by atoms with van der Waals surface area (Å²) in [6, 6.07) is 11.3. The predicted octanol–water partition coefficient (Wildman–Crippen LogP) is 3.13. The normalized spacial score (nSPS) is 11.6. The fraction of sp³-hybridized carbons (Fsp3) is 0.350. The number of ether oxygens (including phenoxy) is 1. The minimum absolute atomic E-state index is 0.121. The molecule has 0 fully saturated rings. The van der Waals surface area contributed by atoms with Gasteiger partial charge < -0.3 is 10.1 Å². The van der Waals surface area contributed by atoms with Gasteiger partial charge in [0.2, 0.25) is 5.91 Å². The van der Waals surface area contributed by atoms with Crippen molar-refractivity contribution in [3.05, 3.63) is 65.5 Å². The van der Waals surface area contributed by atoms with E-state index in [0.717, 1.165) is 29.5 Å². The van der Waals surface area contributed by atoms with E-state index in [1.165, 1.54) is 6.92 Å². The van der Waals surface area contributed by atoms with E-state index in [9.17, 15) is 9.59 Å². The second kappa shape index (κ2) is 9.57. The van der Waals surface area contributed by atoms with Crippen molar-refractivity contribution in [2.24, 2.45) is 0 Å². The van der Waals surface area contributed by atoms with Gasteiger partial charge in [0.05, 0.1) is 19.1 Å². The summed E-state index contributed by atoms with van der Waals surface area (Å²) in [6.45, 7) is 3.79. The van der Waals surface area contributed by atoms with Crippen molar-refractivity contribution < 1.29 is 14.3 Å². The van der Waals surface area contributed by atoms with Crippen LogP contribution in [0.4, 0.5) is 0 Å². The Labute approximate surface area is 148 Å². The minimum Gasteiger partial charge on any atom is -0.466 e. The molecule has 1 unspecified atom stereocenters. The van der Waals surface area contributed by atoms with Gasteiger partial charge in [-0.2, -0.15) is 0 Å². The molecule has 1 aromatic heterocycles. The van der Waals surface area contributed by atoms with Gasteiger partial charge in [-0.25, -0.2) is 0 Å². The lowest BCUT2D eigenvalue weighted by Gasteiger charge is -2.18. The SMILES string of the molecule is CC(=O)NC(CC(=O)OCCCc1cccnc1)c1ccc(C)cc1. The lowest BCUT2D eigenvalue weighted by atomic mass is 10.0. The molecule has 0 bridgehead atoms.